The van der Waals surface area contributed by atoms with E-state index in [9.17, 15) is 23.2 Å². The fraction of sp³-hybridized carbons (Fsp3) is 0.300. The van der Waals surface area contributed by atoms with Crippen molar-refractivity contribution < 1.29 is 23.2 Å². The van der Waals surface area contributed by atoms with Crippen LogP contribution in [0.5, 0.6) is 0 Å². The highest BCUT2D eigenvalue weighted by Gasteiger charge is 2.34. The summed E-state index contributed by atoms with van der Waals surface area (Å²) in [7, 11) is 0. The maximum atomic E-state index is 12.5. The molecule has 1 atom stereocenters. The fourth-order valence-electron chi connectivity index (χ4n) is 1.73. The Labute approximate surface area is 94.4 Å². The van der Waals surface area contributed by atoms with E-state index in [1.807, 2.05) is 0 Å². The van der Waals surface area contributed by atoms with Gasteiger partial charge in [-0.3, -0.25) is 10.0 Å². The molecule has 1 unspecified atom stereocenters. The number of carbonyl (C=O) groups is 1. The van der Waals surface area contributed by atoms with Gasteiger partial charge in [-0.05, 0) is 30.2 Å². The fourth-order valence-corrected chi connectivity index (χ4v) is 1.73. The van der Waals surface area contributed by atoms with Crippen molar-refractivity contribution in [3.8, 4) is 0 Å². The number of nitrogens with two attached hydrogens (primary N) is 1. The highest BCUT2D eigenvalue weighted by atomic mass is 19.4. The molecular formula is C10H9F3N2O2. The maximum absolute atomic E-state index is 12.5. The van der Waals surface area contributed by atoms with Gasteiger partial charge < -0.3 is 5.73 Å². The first-order chi connectivity index (χ1) is 7.80. The summed E-state index contributed by atoms with van der Waals surface area (Å²) in [6, 6.07) is 1.75. The number of fused-ring (bicyclic) bond motifs is 1. The number of benzene rings is 1. The molecule has 0 spiro atoms. The molecule has 0 radical (unpaired) electrons. The van der Waals surface area contributed by atoms with Crippen molar-refractivity contribution >= 4 is 11.6 Å². The Morgan fingerprint density at radius 2 is 2.06 bits per heavy atom. The monoisotopic (exact) mass is 246 g/mol. The predicted molar refractivity (Wildman–Crippen MR) is 52.4 cm³/mol. The van der Waals surface area contributed by atoms with Crippen LogP contribution in [0.4, 0.5) is 18.9 Å². The van der Waals surface area contributed by atoms with Gasteiger partial charge in [0.25, 0.3) is 5.91 Å². The number of carbonyl (C=O) groups excluding carboxylic acids is 1. The standard InChI is InChI=1S/C10H9F3N2O2/c11-10(12,13)6-1-2-8-5(3-6)4-7(14)9(16)15(8)17/h1-3,7,17H,4,14H2. The molecule has 4 nitrogen and oxygen atoms in total. The molecule has 92 valence electrons. The van der Waals surface area contributed by atoms with Gasteiger partial charge in [0.05, 0.1) is 17.3 Å². The summed E-state index contributed by atoms with van der Waals surface area (Å²) in [5.41, 5.74) is 4.83. The van der Waals surface area contributed by atoms with Crippen molar-refractivity contribution in [2.24, 2.45) is 5.73 Å². The van der Waals surface area contributed by atoms with E-state index in [4.69, 9.17) is 5.73 Å². The van der Waals surface area contributed by atoms with Crippen LogP contribution in [0.2, 0.25) is 0 Å². The molecule has 1 aromatic carbocycles. The van der Waals surface area contributed by atoms with Crippen LogP contribution in [0, 0.1) is 0 Å². The van der Waals surface area contributed by atoms with Gasteiger partial charge >= 0.3 is 6.18 Å². The Hall–Kier alpha value is -1.60. The van der Waals surface area contributed by atoms with Gasteiger partial charge in [0, 0.05) is 0 Å². The highest BCUT2D eigenvalue weighted by molar-refractivity contribution is 5.98. The SMILES string of the molecule is NC1Cc2cc(C(F)(F)F)ccc2N(O)C1=O. The van der Waals surface area contributed by atoms with Gasteiger partial charge in [-0.15, -0.1) is 0 Å². The number of hydrogen-bond donors (Lipinski definition) is 2. The van der Waals surface area contributed by atoms with Gasteiger partial charge in [-0.1, -0.05) is 0 Å². The first kappa shape index (κ1) is 11.9. The second-order valence-electron chi connectivity index (χ2n) is 3.80. The smallest absolute Gasteiger partial charge is 0.320 e. The number of hydrogen-bond acceptors (Lipinski definition) is 3. The van der Waals surface area contributed by atoms with Crippen molar-refractivity contribution in [1.29, 1.82) is 0 Å². The molecule has 17 heavy (non-hydrogen) atoms. The highest BCUT2D eigenvalue weighted by Crippen LogP contribution is 2.34. The molecule has 0 aromatic heterocycles. The van der Waals surface area contributed by atoms with Gasteiger partial charge in [0.2, 0.25) is 0 Å². The number of amides is 1. The minimum absolute atomic E-state index is 0.0187. The molecule has 1 heterocycles. The molecular weight excluding hydrogens is 237 g/mol. The van der Waals surface area contributed by atoms with E-state index < -0.39 is 23.7 Å². The molecule has 1 amide bonds. The van der Waals surface area contributed by atoms with Crippen LogP contribution in [0.1, 0.15) is 11.1 Å². The molecule has 0 fully saturated rings. The van der Waals surface area contributed by atoms with Crippen molar-refractivity contribution in [1.82, 2.24) is 0 Å². The second-order valence-corrected chi connectivity index (χ2v) is 3.80. The number of alkyl halides is 3. The lowest BCUT2D eigenvalue weighted by Crippen LogP contribution is -2.47. The van der Waals surface area contributed by atoms with Crippen LogP contribution >= 0.6 is 0 Å². The third kappa shape index (κ3) is 1.98. The van der Waals surface area contributed by atoms with Gasteiger partial charge in [0.15, 0.2) is 0 Å². The third-order valence-electron chi connectivity index (χ3n) is 2.60. The zero-order chi connectivity index (χ0) is 12.8. The average molecular weight is 246 g/mol. The minimum Gasteiger partial charge on any atom is -0.320 e. The zero-order valence-electron chi connectivity index (χ0n) is 8.53. The lowest BCUT2D eigenvalue weighted by Gasteiger charge is -2.28. The summed E-state index contributed by atoms with van der Waals surface area (Å²) in [5.74, 6) is -0.725. The molecule has 0 aliphatic carbocycles. The van der Waals surface area contributed by atoms with Crippen molar-refractivity contribution in [2.75, 3.05) is 5.06 Å². The maximum Gasteiger partial charge on any atom is 0.416 e. The number of anilines is 1. The van der Waals surface area contributed by atoms with E-state index in [1.54, 1.807) is 0 Å². The number of nitrogens with zero attached hydrogens (tertiary/aromatic N) is 1. The number of halogens is 3. The van der Waals surface area contributed by atoms with Gasteiger partial charge in [0.1, 0.15) is 0 Å². The largest absolute Gasteiger partial charge is 0.416 e. The number of hydroxylamine groups is 1. The molecule has 0 bridgehead atoms. The van der Waals surface area contributed by atoms with Crippen molar-refractivity contribution in [3.63, 3.8) is 0 Å². The third-order valence-corrected chi connectivity index (χ3v) is 2.60. The van der Waals surface area contributed by atoms with Crippen LogP contribution in [0.25, 0.3) is 0 Å². The average Bonchev–Trinajstić information content (AvgIpc) is 2.24. The molecule has 1 aromatic rings. The first-order valence-electron chi connectivity index (χ1n) is 4.79. The lowest BCUT2D eigenvalue weighted by atomic mass is 9.97. The summed E-state index contributed by atoms with van der Waals surface area (Å²) in [6.45, 7) is 0. The van der Waals surface area contributed by atoms with Crippen LogP contribution < -0.4 is 10.8 Å². The van der Waals surface area contributed by atoms with Crippen LogP contribution in [0.3, 0.4) is 0 Å². The summed E-state index contributed by atoms with van der Waals surface area (Å²) < 4.78 is 37.4. The van der Waals surface area contributed by atoms with E-state index in [-0.39, 0.29) is 17.7 Å². The topological polar surface area (TPSA) is 66.6 Å². The van der Waals surface area contributed by atoms with Gasteiger partial charge in [-0.2, -0.15) is 18.2 Å². The van der Waals surface area contributed by atoms with Crippen molar-refractivity contribution in [2.45, 2.75) is 18.6 Å². The summed E-state index contributed by atoms with van der Waals surface area (Å²) in [6.07, 6.45) is -4.48. The first-order valence-corrected chi connectivity index (χ1v) is 4.79. The quantitative estimate of drug-likeness (QED) is 0.678. The predicted octanol–water partition coefficient (Wildman–Crippen LogP) is 1.31. The van der Waals surface area contributed by atoms with E-state index in [0.717, 1.165) is 18.2 Å². The summed E-state index contributed by atoms with van der Waals surface area (Å²) >= 11 is 0. The summed E-state index contributed by atoms with van der Waals surface area (Å²) in [4.78, 5) is 11.3. The second kappa shape index (κ2) is 3.71. The Bertz CT molecular complexity index is 473. The lowest BCUT2D eigenvalue weighted by molar-refractivity contribution is -0.137. The van der Waals surface area contributed by atoms with E-state index >= 15 is 0 Å². The summed E-state index contributed by atoms with van der Waals surface area (Å²) in [5, 5.41) is 9.71. The molecule has 0 saturated carbocycles. The Morgan fingerprint density at radius 1 is 1.41 bits per heavy atom. The normalized spacial score (nSPS) is 20.4. The number of rotatable bonds is 0. The van der Waals surface area contributed by atoms with E-state index in [2.05, 4.69) is 0 Å². The molecule has 1 aliphatic rings. The molecule has 1 aliphatic heterocycles. The van der Waals surface area contributed by atoms with Crippen LogP contribution in [0.15, 0.2) is 18.2 Å². The van der Waals surface area contributed by atoms with E-state index in [0.29, 0.717) is 5.06 Å². The Balaban J connectivity index is 2.48. The van der Waals surface area contributed by atoms with Gasteiger partial charge in [-0.25, -0.2) is 0 Å². The Kier molecular flexibility index (Phi) is 2.59. The van der Waals surface area contributed by atoms with Crippen molar-refractivity contribution in [3.05, 3.63) is 29.3 Å². The Morgan fingerprint density at radius 3 is 2.65 bits per heavy atom. The zero-order valence-corrected chi connectivity index (χ0v) is 8.53. The van der Waals surface area contributed by atoms with Crippen LogP contribution in [-0.2, 0) is 17.4 Å². The van der Waals surface area contributed by atoms with Crippen LogP contribution in [-0.4, -0.2) is 17.2 Å². The molecule has 2 rings (SSSR count). The molecule has 7 heteroatoms. The molecule has 0 saturated heterocycles. The van der Waals surface area contributed by atoms with E-state index in [1.165, 1.54) is 0 Å². The minimum atomic E-state index is -4.46. The molecule has 3 N–H and O–H groups in total.